The highest BCUT2D eigenvalue weighted by Gasteiger charge is 2.20. The summed E-state index contributed by atoms with van der Waals surface area (Å²) in [7, 11) is 0. The summed E-state index contributed by atoms with van der Waals surface area (Å²) in [5, 5.41) is 22.0. The van der Waals surface area contributed by atoms with E-state index in [0.717, 1.165) is 0 Å². The second kappa shape index (κ2) is 7.17. The molecule has 0 aliphatic heterocycles. The van der Waals surface area contributed by atoms with Gasteiger partial charge in [-0.25, -0.2) is 9.59 Å². The van der Waals surface area contributed by atoms with Crippen molar-refractivity contribution in [1.82, 2.24) is 10.6 Å². The van der Waals surface area contributed by atoms with Gasteiger partial charge >= 0.3 is 18.0 Å². The molecule has 0 radical (unpaired) electrons. The molecule has 4 N–H and O–H groups in total. The minimum atomic E-state index is -1.28. The van der Waals surface area contributed by atoms with E-state index in [0.29, 0.717) is 11.5 Å². The number of aryl methyl sites for hydroxylation is 1. The third-order valence-corrected chi connectivity index (χ3v) is 2.47. The zero-order chi connectivity index (χ0) is 15.1. The Labute approximate surface area is 114 Å². The fourth-order valence-electron chi connectivity index (χ4n) is 1.48. The van der Waals surface area contributed by atoms with Crippen LogP contribution in [0.5, 0.6) is 0 Å². The Kier molecular flexibility index (Phi) is 5.57. The highest BCUT2D eigenvalue weighted by Crippen LogP contribution is 2.05. The van der Waals surface area contributed by atoms with Crippen molar-refractivity contribution in [3.63, 3.8) is 0 Å². The lowest BCUT2D eigenvalue weighted by molar-refractivity contribution is -0.140. The van der Waals surface area contributed by atoms with E-state index in [-0.39, 0.29) is 19.4 Å². The monoisotopic (exact) mass is 284 g/mol. The van der Waals surface area contributed by atoms with Crippen molar-refractivity contribution in [2.24, 2.45) is 0 Å². The molecule has 0 bridgehead atoms. The summed E-state index contributed by atoms with van der Waals surface area (Å²) < 4.78 is 5.23. The molecule has 1 rings (SSSR count). The van der Waals surface area contributed by atoms with E-state index in [4.69, 9.17) is 14.6 Å². The van der Waals surface area contributed by atoms with Gasteiger partial charge in [0.15, 0.2) is 0 Å². The van der Waals surface area contributed by atoms with Crippen LogP contribution >= 0.6 is 0 Å². The average molecular weight is 284 g/mol. The number of carbonyl (C=O) groups excluding carboxylic acids is 1. The van der Waals surface area contributed by atoms with Gasteiger partial charge < -0.3 is 25.3 Å². The van der Waals surface area contributed by atoms with E-state index in [9.17, 15) is 14.4 Å². The van der Waals surface area contributed by atoms with Crippen LogP contribution in [0.3, 0.4) is 0 Å². The quantitative estimate of drug-likeness (QED) is 0.583. The number of carbonyl (C=O) groups is 3. The largest absolute Gasteiger partial charge is 0.481 e. The first kappa shape index (κ1) is 15.5. The fraction of sp³-hybridized carbons (Fsp3) is 0.417. The molecule has 0 aliphatic rings. The number of hydrogen-bond donors (Lipinski definition) is 4. The van der Waals surface area contributed by atoms with Crippen LogP contribution in [0, 0.1) is 6.92 Å². The van der Waals surface area contributed by atoms with Crippen LogP contribution in [0.2, 0.25) is 0 Å². The molecule has 1 aromatic heterocycles. The number of furan rings is 1. The van der Waals surface area contributed by atoms with Crippen molar-refractivity contribution >= 4 is 18.0 Å². The van der Waals surface area contributed by atoms with Crippen LogP contribution in [0.25, 0.3) is 0 Å². The Morgan fingerprint density at radius 1 is 1.30 bits per heavy atom. The van der Waals surface area contributed by atoms with Gasteiger partial charge in [0.05, 0.1) is 6.54 Å². The van der Waals surface area contributed by atoms with Crippen LogP contribution in [0.15, 0.2) is 16.5 Å². The van der Waals surface area contributed by atoms with Crippen LogP contribution < -0.4 is 10.6 Å². The maximum Gasteiger partial charge on any atom is 0.326 e. The number of nitrogens with one attached hydrogen (secondary N) is 2. The van der Waals surface area contributed by atoms with Gasteiger partial charge in [0, 0.05) is 6.42 Å². The van der Waals surface area contributed by atoms with Gasteiger partial charge in [0.2, 0.25) is 0 Å². The number of carboxylic acids is 2. The number of amides is 2. The molecule has 8 heteroatoms. The predicted molar refractivity (Wildman–Crippen MR) is 67.1 cm³/mol. The molecule has 0 saturated heterocycles. The van der Waals surface area contributed by atoms with Crippen molar-refractivity contribution < 1.29 is 29.0 Å². The van der Waals surface area contributed by atoms with E-state index < -0.39 is 24.0 Å². The predicted octanol–water partition coefficient (Wildman–Crippen LogP) is 0.705. The zero-order valence-corrected chi connectivity index (χ0v) is 10.9. The molecule has 0 saturated carbocycles. The smallest absolute Gasteiger partial charge is 0.326 e. The molecule has 0 aromatic carbocycles. The highest BCUT2D eigenvalue weighted by atomic mass is 16.4. The molecule has 0 aliphatic carbocycles. The summed E-state index contributed by atoms with van der Waals surface area (Å²) in [6, 6.07) is 1.48. The minimum Gasteiger partial charge on any atom is -0.481 e. The second-order valence-electron chi connectivity index (χ2n) is 4.16. The molecular formula is C12H16N2O6. The number of carboxylic acid groups (broad SMARTS) is 2. The summed E-state index contributed by atoms with van der Waals surface area (Å²) >= 11 is 0. The molecule has 0 fully saturated rings. The van der Waals surface area contributed by atoms with Crippen molar-refractivity contribution in [2.75, 3.05) is 0 Å². The third-order valence-electron chi connectivity index (χ3n) is 2.47. The molecule has 2 amide bonds. The van der Waals surface area contributed by atoms with Crippen molar-refractivity contribution in [2.45, 2.75) is 32.4 Å². The summed E-state index contributed by atoms with van der Waals surface area (Å²) in [5.41, 5.74) is 0. The van der Waals surface area contributed by atoms with Crippen LogP contribution in [0.4, 0.5) is 4.79 Å². The minimum absolute atomic E-state index is 0.116. The standard InChI is InChI=1S/C12H16N2O6/c1-7-2-3-8(20-7)6-13-12(19)14-9(11(17)18)4-5-10(15)16/h2-3,9H,4-6H2,1H3,(H,15,16)(H,17,18)(H2,13,14,19). The van der Waals surface area contributed by atoms with Crippen LogP contribution in [0.1, 0.15) is 24.4 Å². The maximum absolute atomic E-state index is 11.5. The van der Waals surface area contributed by atoms with E-state index in [1.165, 1.54) is 0 Å². The van der Waals surface area contributed by atoms with Gasteiger partial charge in [-0.05, 0) is 25.5 Å². The molecule has 1 aromatic rings. The number of hydrogen-bond acceptors (Lipinski definition) is 4. The molecule has 110 valence electrons. The molecule has 20 heavy (non-hydrogen) atoms. The zero-order valence-electron chi connectivity index (χ0n) is 10.9. The molecule has 0 spiro atoms. The topological polar surface area (TPSA) is 129 Å². The van der Waals surface area contributed by atoms with E-state index in [2.05, 4.69) is 10.6 Å². The SMILES string of the molecule is Cc1ccc(CNC(=O)NC(CCC(=O)O)C(=O)O)o1. The van der Waals surface area contributed by atoms with E-state index in [1.807, 2.05) is 0 Å². The Morgan fingerprint density at radius 2 is 2.00 bits per heavy atom. The number of urea groups is 1. The number of rotatable bonds is 7. The van der Waals surface area contributed by atoms with Crippen LogP contribution in [-0.2, 0) is 16.1 Å². The maximum atomic E-state index is 11.5. The van der Waals surface area contributed by atoms with Gasteiger partial charge in [-0.1, -0.05) is 0 Å². The van der Waals surface area contributed by atoms with Gasteiger partial charge in [0.1, 0.15) is 17.6 Å². The lowest BCUT2D eigenvalue weighted by Crippen LogP contribution is -2.45. The van der Waals surface area contributed by atoms with Crippen molar-refractivity contribution in [3.05, 3.63) is 23.7 Å². The second-order valence-corrected chi connectivity index (χ2v) is 4.16. The van der Waals surface area contributed by atoms with Gasteiger partial charge in [-0.2, -0.15) is 0 Å². The molecule has 8 nitrogen and oxygen atoms in total. The lowest BCUT2D eigenvalue weighted by Gasteiger charge is -2.13. The van der Waals surface area contributed by atoms with Gasteiger partial charge in [-0.3, -0.25) is 4.79 Å². The fourth-order valence-corrected chi connectivity index (χ4v) is 1.48. The lowest BCUT2D eigenvalue weighted by atomic mass is 10.1. The first-order valence-electron chi connectivity index (χ1n) is 5.92. The van der Waals surface area contributed by atoms with Gasteiger partial charge in [-0.15, -0.1) is 0 Å². The molecule has 1 unspecified atom stereocenters. The Morgan fingerprint density at radius 3 is 2.50 bits per heavy atom. The Balaban J connectivity index is 2.41. The third kappa shape index (κ3) is 5.42. The Bertz CT molecular complexity index is 496. The molecule has 1 atom stereocenters. The average Bonchev–Trinajstić information content (AvgIpc) is 2.77. The Hall–Kier alpha value is -2.51. The summed E-state index contributed by atoms with van der Waals surface area (Å²) in [5.74, 6) is -1.16. The normalized spacial score (nSPS) is 11.7. The van der Waals surface area contributed by atoms with Crippen molar-refractivity contribution in [3.8, 4) is 0 Å². The van der Waals surface area contributed by atoms with E-state index in [1.54, 1.807) is 19.1 Å². The first-order chi connectivity index (χ1) is 9.38. The summed E-state index contributed by atoms with van der Waals surface area (Å²) in [6.07, 6.45) is -0.521. The van der Waals surface area contributed by atoms with Crippen LogP contribution in [-0.4, -0.2) is 34.2 Å². The molecular weight excluding hydrogens is 268 g/mol. The number of aliphatic carboxylic acids is 2. The highest BCUT2D eigenvalue weighted by molar-refractivity contribution is 5.82. The van der Waals surface area contributed by atoms with Gasteiger partial charge in [0.25, 0.3) is 0 Å². The summed E-state index contributed by atoms with van der Waals surface area (Å²) in [4.78, 5) is 32.8. The summed E-state index contributed by atoms with van der Waals surface area (Å²) in [6.45, 7) is 1.88. The van der Waals surface area contributed by atoms with E-state index >= 15 is 0 Å². The molecule has 1 heterocycles. The van der Waals surface area contributed by atoms with Crippen molar-refractivity contribution in [1.29, 1.82) is 0 Å². The first-order valence-corrected chi connectivity index (χ1v) is 5.92.